The molecule has 97 valence electrons. The first kappa shape index (κ1) is 13.1. The van der Waals surface area contributed by atoms with Crippen LogP contribution in [0.4, 0.5) is 0 Å². The summed E-state index contributed by atoms with van der Waals surface area (Å²) in [7, 11) is 1.63. The fraction of sp³-hybridized carbons (Fsp3) is 0.188. The van der Waals surface area contributed by atoms with Crippen LogP contribution in [0.3, 0.4) is 0 Å². The summed E-state index contributed by atoms with van der Waals surface area (Å²) in [6, 6.07) is 15.9. The number of carbonyl (C=O) groups excluding carboxylic acids is 1. The quantitative estimate of drug-likeness (QED) is 0.786. The van der Waals surface area contributed by atoms with Gasteiger partial charge in [-0.05, 0) is 48.4 Å². The van der Waals surface area contributed by atoms with Crippen LogP contribution in [0, 0.1) is 6.07 Å². The average molecular weight is 255 g/mol. The van der Waals surface area contributed by atoms with Crippen LogP contribution < -0.4 is 4.74 Å². The van der Waals surface area contributed by atoms with Crippen LogP contribution in [-0.2, 0) is 4.74 Å². The second kappa shape index (κ2) is 6.05. The lowest BCUT2D eigenvalue weighted by molar-refractivity contribution is 0.0526. The van der Waals surface area contributed by atoms with Gasteiger partial charge < -0.3 is 9.47 Å². The van der Waals surface area contributed by atoms with Gasteiger partial charge in [0.1, 0.15) is 5.75 Å². The molecule has 0 aliphatic heterocycles. The van der Waals surface area contributed by atoms with Crippen LogP contribution >= 0.6 is 0 Å². The number of carbonyl (C=O) groups is 1. The zero-order valence-electron chi connectivity index (χ0n) is 11.0. The Morgan fingerprint density at radius 2 is 1.95 bits per heavy atom. The highest BCUT2D eigenvalue weighted by molar-refractivity contribution is 5.90. The Kier molecular flexibility index (Phi) is 4.18. The minimum absolute atomic E-state index is 0.302. The molecule has 19 heavy (non-hydrogen) atoms. The zero-order valence-corrected chi connectivity index (χ0v) is 11.0. The van der Waals surface area contributed by atoms with Crippen LogP contribution in [0.1, 0.15) is 17.3 Å². The Morgan fingerprint density at radius 1 is 1.21 bits per heavy atom. The number of ether oxygens (including phenoxy) is 2. The molecule has 0 aliphatic carbocycles. The number of hydrogen-bond acceptors (Lipinski definition) is 3. The third-order valence-corrected chi connectivity index (χ3v) is 2.72. The van der Waals surface area contributed by atoms with Crippen LogP contribution in [-0.4, -0.2) is 19.7 Å². The van der Waals surface area contributed by atoms with E-state index in [2.05, 4.69) is 6.07 Å². The molecule has 3 heteroatoms. The molecule has 0 spiro atoms. The summed E-state index contributed by atoms with van der Waals surface area (Å²) in [6.45, 7) is 2.17. The van der Waals surface area contributed by atoms with Gasteiger partial charge in [-0.2, -0.15) is 0 Å². The standard InChI is InChI=1S/C16H15O3/c1-3-19-16(17)13-9-7-12(8-10-13)14-5-4-6-15(11-14)18-2/h4,6-11H,3H2,1-2H3. The lowest BCUT2D eigenvalue weighted by Crippen LogP contribution is -2.03. The molecule has 0 N–H and O–H groups in total. The highest BCUT2D eigenvalue weighted by atomic mass is 16.5. The maximum absolute atomic E-state index is 11.5. The van der Waals surface area contributed by atoms with Crippen molar-refractivity contribution in [3.8, 4) is 16.9 Å². The summed E-state index contributed by atoms with van der Waals surface area (Å²) in [5.41, 5.74) is 2.45. The van der Waals surface area contributed by atoms with Gasteiger partial charge in [0.15, 0.2) is 0 Å². The van der Waals surface area contributed by atoms with E-state index in [9.17, 15) is 4.79 Å². The van der Waals surface area contributed by atoms with E-state index in [1.807, 2.05) is 30.3 Å². The van der Waals surface area contributed by atoms with Gasteiger partial charge in [-0.25, -0.2) is 4.79 Å². The molecule has 3 nitrogen and oxygen atoms in total. The first-order valence-corrected chi connectivity index (χ1v) is 6.08. The van der Waals surface area contributed by atoms with Crippen molar-refractivity contribution in [2.75, 3.05) is 13.7 Å². The van der Waals surface area contributed by atoms with E-state index < -0.39 is 0 Å². The fourth-order valence-corrected chi connectivity index (χ4v) is 1.74. The Labute approximate surface area is 112 Å². The normalized spacial score (nSPS) is 10.0. The van der Waals surface area contributed by atoms with Crippen LogP contribution in [0.15, 0.2) is 42.5 Å². The van der Waals surface area contributed by atoms with Crippen molar-refractivity contribution < 1.29 is 14.3 Å². The minimum atomic E-state index is -0.302. The molecule has 0 bridgehead atoms. The SMILES string of the molecule is CCOC(=O)c1ccc(-c2[c]ccc(OC)c2)cc1. The largest absolute Gasteiger partial charge is 0.497 e. The Morgan fingerprint density at radius 3 is 2.58 bits per heavy atom. The van der Waals surface area contributed by atoms with Gasteiger partial charge in [0.05, 0.1) is 19.3 Å². The summed E-state index contributed by atoms with van der Waals surface area (Å²) in [5.74, 6) is 0.479. The van der Waals surface area contributed by atoms with E-state index in [0.717, 1.165) is 16.9 Å². The summed E-state index contributed by atoms with van der Waals surface area (Å²) < 4.78 is 10.1. The molecule has 0 saturated carbocycles. The predicted octanol–water partition coefficient (Wildman–Crippen LogP) is 3.34. The van der Waals surface area contributed by atoms with Gasteiger partial charge in [-0.15, -0.1) is 0 Å². The smallest absolute Gasteiger partial charge is 0.338 e. The van der Waals surface area contributed by atoms with Gasteiger partial charge in [-0.3, -0.25) is 0 Å². The maximum atomic E-state index is 11.5. The van der Waals surface area contributed by atoms with Crippen LogP contribution in [0.5, 0.6) is 5.75 Å². The molecule has 0 heterocycles. The van der Waals surface area contributed by atoms with Gasteiger partial charge in [0.2, 0.25) is 0 Å². The molecule has 1 radical (unpaired) electrons. The van der Waals surface area contributed by atoms with Crippen molar-refractivity contribution >= 4 is 5.97 Å². The zero-order chi connectivity index (χ0) is 13.7. The molecule has 2 aromatic carbocycles. The molecule has 0 aliphatic rings. The molecule has 0 unspecified atom stereocenters. The van der Waals surface area contributed by atoms with Gasteiger partial charge in [0, 0.05) is 0 Å². The Hall–Kier alpha value is -2.29. The first-order chi connectivity index (χ1) is 9.24. The molecular formula is C16H15O3. The minimum Gasteiger partial charge on any atom is -0.497 e. The monoisotopic (exact) mass is 255 g/mol. The third kappa shape index (κ3) is 3.13. The Bertz CT molecular complexity index is 558. The number of methoxy groups -OCH3 is 1. The van der Waals surface area contributed by atoms with Gasteiger partial charge >= 0.3 is 5.97 Å². The lowest BCUT2D eigenvalue weighted by atomic mass is 10.0. The number of hydrogen-bond donors (Lipinski definition) is 0. The number of esters is 1. The van der Waals surface area contributed by atoms with Gasteiger partial charge in [0.25, 0.3) is 0 Å². The molecule has 2 aromatic rings. The highest BCUT2D eigenvalue weighted by Gasteiger charge is 2.06. The molecule has 2 rings (SSSR count). The number of rotatable bonds is 4. The topological polar surface area (TPSA) is 35.5 Å². The second-order valence-electron chi connectivity index (χ2n) is 3.94. The molecule has 0 atom stereocenters. The molecule has 0 fully saturated rings. The molecular weight excluding hydrogens is 240 g/mol. The lowest BCUT2D eigenvalue weighted by Gasteiger charge is -2.06. The fourth-order valence-electron chi connectivity index (χ4n) is 1.74. The van der Waals surface area contributed by atoms with Crippen molar-refractivity contribution in [2.45, 2.75) is 6.92 Å². The third-order valence-electron chi connectivity index (χ3n) is 2.72. The first-order valence-electron chi connectivity index (χ1n) is 6.08. The van der Waals surface area contributed by atoms with Crippen molar-refractivity contribution in [2.24, 2.45) is 0 Å². The summed E-state index contributed by atoms with van der Waals surface area (Å²) in [6.07, 6.45) is 0. The Balaban J connectivity index is 2.24. The van der Waals surface area contributed by atoms with E-state index in [1.54, 1.807) is 26.2 Å². The summed E-state index contributed by atoms with van der Waals surface area (Å²) in [5, 5.41) is 0. The maximum Gasteiger partial charge on any atom is 0.338 e. The average Bonchev–Trinajstić information content (AvgIpc) is 2.48. The van der Waals surface area contributed by atoms with Gasteiger partial charge in [-0.1, -0.05) is 18.2 Å². The molecule has 0 saturated heterocycles. The highest BCUT2D eigenvalue weighted by Crippen LogP contribution is 2.23. The summed E-state index contributed by atoms with van der Waals surface area (Å²) >= 11 is 0. The van der Waals surface area contributed by atoms with Crippen LogP contribution in [0.25, 0.3) is 11.1 Å². The van der Waals surface area contributed by atoms with E-state index in [4.69, 9.17) is 9.47 Å². The van der Waals surface area contributed by atoms with E-state index in [1.165, 1.54) is 0 Å². The molecule has 0 aromatic heterocycles. The molecule has 0 amide bonds. The van der Waals surface area contributed by atoms with Crippen molar-refractivity contribution in [3.05, 3.63) is 54.1 Å². The van der Waals surface area contributed by atoms with Crippen molar-refractivity contribution in [1.29, 1.82) is 0 Å². The van der Waals surface area contributed by atoms with E-state index in [0.29, 0.717) is 12.2 Å². The van der Waals surface area contributed by atoms with Crippen molar-refractivity contribution in [3.63, 3.8) is 0 Å². The summed E-state index contributed by atoms with van der Waals surface area (Å²) in [4.78, 5) is 11.5. The van der Waals surface area contributed by atoms with E-state index >= 15 is 0 Å². The van der Waals surface area contributed by atoms with E-state index in [-0.39, 0.29) is 5.97 Å². The number of benzene rings is 2. The van der Waals surface area contributed by atoms with Crippen LogP contribution in [0.2, 0.25) is 0 Å². The predicted molar refractivity (Wildman–Crippen MR) is 73.2 cm³/mol. The van der Waals surface area contributed by atoms with Crippen molar-refractivity contribution in [1.82, 2.24) is 0 Å². The second-order valence-corrected chi connectivity index (χ2v) is 3.94.